The van der Waals surface area contributed by atoms with Crippen molar-refractivity contribution in [3.05, 3.63) is 59.4 Å². The average molecular weight is 447 g/mol. The van der Waals surface area contributed by atoms with Crippen molar-refractivity contribution in [1.29, 1.82) is 0 Å². The number of hydrogen-bond donors (Lipinski definition) is 2. The minimum atomic E-state index is -0.129. The summed E-state index contributed by atoms with van der Waals surface area (Å²) < 4.78 is 2.36. The first-order valence-electron chi connectivity index (χ1n) is 12.5. The summed E-state index contributed by atoms with van der Waals surface area (Å²) in [5, 5.41) is 7.68. The van der Waals surface area contributed by atoms with E-state index in [-0.39, 0.29) is 11.6 Å². The summed E-state index contributed by atoms with van der Waals surface area (Å²) >= 11 is 0. The number of nitrogens with zero attached hydrogens (tertiary/aromatic N) is 2. The molecule has 5 nitrogen and oxygen atoms in total. The fourth-order valence-electron chi connectivity index (χ4n) is 5.40. The van der Waals surface area contributed by atoms with Crippen LogP contribution in [0.1, 0.15) is 88.8 Å². The van der Waals surface area contributed by atoms with Crippen LogP contribution in [0, 0.1) is 0 Å². The summed E-state index contributed by atoms with van der Waals surface area (Å²) in [6.45, 7) is 11.5. The molecule has 176 valence electrons. The van der Waals surface area contributed by atoms with Gasteiger partial charge in [-0.15, -0.1) is 0 Å². The van der Waals surface area contributed by atoms with Crippen molar-refractivity contribution in [2.24, 2.45) is 0 Å². The zero-order valence-electron chi connectivity index (χ0n) is 20.7. The Morgan fingerprint density at radius 2 is 1.73 bits per heavy atom. The minimum absolute atomic E-state index is 0.128. The highest BCUT2D eigenvalue weighted by atomic mass is 16.2. The van der Waals surface area contributed by atoms with E-state index in [9.17, 15) is 4.79 Å². The van der Waals surface area contributed by atoms with E-state index >= 15 is 0 Å². The Morgan fingerprint density at radius 3 is 2.33 bits per heavy atom. The van der Waals surface area contributed by atoms with Crippen LogP contribution in [0.15, 0.2) is 42.7 Å². The van der Waals surface area contributed by atoms with Crippen molar-refractivity contribution in [3.8, 4) is 0 Å². The Labute approximate surface area is 198 Å². The van der Waals surface area contributed by atoms with Gasteiger partial charge in [-0.3, -0.25) is 0 Å². The Hall–Kier alpha value is -2.82. The quantitative estimate of drug-likeness (QED) is 0.413. The van der Waals surface area contributed by atoms with Crippen LogP contribution in [0.2, 0.25) is 0 Å². The third-order valence-electron chi connectivity index (χ3n) is 7.26. The van der Waals surface area contributed by atoms with E-state index < -0.39 is 0 Å². The molecule has 0 radical (unpaired) electrons. The molecule has 1 aromatic carbocycles. The molecule has 0 bridgehead atoms. The fraction of sp³-hybridized carbons (Fsp3) is 0.500. The number of fused-ring (bicyclic) bond motifs is 1. The number of anilines is 1. The van der Waals surface area contributed by atoms with Gasteiger partial charge in [-0.2, -0.15) is 0 Å². The molecule has 0 spiro atoms. The van der Waals surface area contributed by atoms with Gasteiger partial charge in [0.05, 0.1) is 5.54 Å². The van der Waals surface area contributed by atoms with E-state index in [0.29, 0.717) is 18.4 Å². The van der Waals surface area contributed by atoms with Gasteiger partial charge in [0.2, 0.25) is 0 Å². The number of nitrogens with one attached hydrogen (secondary N) is 2. The van der Waals surface area contributed by atoms with E-state index in [2.05, 4.69) is 80.3 Å². The SMILES string of the molecule is CCc1cn(C2(CNC(=O)Nc3c(C(C)C)cccc3C(C)C)CCCC2)c2ncccc12. The van der Waals surface area contributed by atoms with Crippen LogP contribution in [0.5, 0.6) is 0 Å². The Bertz CT molecular complexity index is 1100. The lowest BCUT2D eigenvalue weighted by atomic mass is 9.92. The predicted molar refractivity (Wildman–Crippen MR) is 137 cm³/mol. The first-order valence-corrected chi connectivity index (χ1v) is 12.5. The molecule has 1 saturated carbocycles. The molecule has 0 unspecified atom stereocenters. The van der Waals surface area contributed by atoms with Crippen LogP contribution in [0.4, 0.5) is 10.5 Å². The summed E-state index contributed by atoms with van der Waals surface area (Å²) in [6, 6.07) is 10.4. The predicted octanol–water partition coefficient (Wildman–Crippen LogP) is 6.94. The lowest BCUT2D eigenvalue weighted by Gasteiger charge is -2.32. The maximum Gasteiger partial charge on any atom is 0.319 e. The average Bonchev–Trinajstić information content (AvgIpc) is 3.43. The maximum absolute atomic E-state index is 13.2. The van der Waals surface area contributed by atoms with Crippen LogP contribution < -0.4 is 10.6 Å². The molecule has 2 heterocycles. The number of carbonyl (C=O) groups is 1. The van der Waals surface area contributed by atoms with Gasteiger partial charge in [0.25, 0.3) is 0 Å². The summed E-state index contributed by atoms with van der Waals surface area (Å²) in [7, 11) is 0. The molecule has 4 rings (SSSR count). The van der Waals surface area contributed by atoms with Crippen molar-refractivity contribution >= 4 is 22.8 Å². The molecule has 33 heavy (non-hydrogen) atoms. The highest BCUT2D eigenvalue weighted by Gasteiger charge is 2.37. The van der Waals surface area contributed by atoms with Gasteiger partial charge < -0.3 is 15.2 Å². The van der Waals surface area contributed by atoms with Crippen molar-refractivity contribution in [3.63, 3.8) is 0 Å². The van der Waals surface area contributed by atoms with Gasteiger partial charge in [-0.1, -0.05) is 65.7 Å². The first-order chi connectivity index (χ1) is 15.9. The molecule has 2 amide bonds. The molecule has 1 fully saturated rings. The summed E-state index contributed by atoms with van der Waals surface area (Å²) in [5.74, 6) is 0.676. The van der Waals surface area contributed by atoms with Crippen molar-refractivity contribution in [2.75, 3.05) is 11.9 Å². The molecular formula is C28H38N4O. The number of para-hydroxylation sites is 1. The highest BCUT2D eigenvalue weighted by molar-refractivity contribution is 5.91. The Morgan fingerprint density at radius 1 is 1.06 bits per heavy atom. The molecule has 5 heteroatoms. The lowest BCUT2D eigenvalue weighted by Crippen LogP contribution is -2.44. The number of benzene rings is 1. The number of pyridine rings is 1. The second-order valence-electron chi connectivity index (χ2n) is 10.1. The summed E-state index contributed by atoms with van der Waals surface area (Å²) in [5.41, 5.74) is 5.55. The zero-order valence-corrected chi connectivity index (χ0v) is 20.7. The van der Waals surface area contributed by atoms with Crippen molar-refractivity contribution < 1.29 is 4.79 Å². The maximum atomic E-state index is 13.2. The molecular weight excluding hydrogens is 408 g/mol. The summed E-state index contributed by atoms with van der Waals surface area (Å²) in [6.07, 6.45) is 9.57. The molecule has 1 aliphatic carbocycles. The third kappa shape index (κ3) is 4.50. The van der Waals surface area contributed by atoms with E-state index in [4.69, 9.17) is 4.98 Å². The van der Waals surface area contributed by atoms with Gasteiger partial charge >= 0.3 is 6.03 Å². The molecule has 3 aromatic rings. The minimum Gasteiger partial charge on any atom is -0.335 e. The lowest BCUT2D eigenvalue weighted by molar-refractivity contribution is 0.239. The van der Waals surface area contributed by atoms with Gasteiger partial charge in [0, 0.05) is 30.0 Å². The summed E-state index contributed by atoms with van der Waals surface area (Å²) in [4.78, 5) is 17.9. The highest BCUT2D eigenvalue weighted by Crippen LogP contribution is 2.39. The molecule has 0 aliphatic heterocycles. The van der Waals surface area contributed by atoms with Crippen LogP contribution in [-0.2, 0) is 12.0 Å². The second-order valence-corrected chi connectivity index (χ2v) is 10.1. The van der Waals surface area contributed by atoms with Crippen LogP contribution in [0.25, 0.3) is 11.0 Å². The molecule has 1 aliphatic rings. The van der Waals surface area contributed by atoms with Gasteiger partial charge in [0.1, 0.15) is 5.65 Å². The number of amides is 2. The van der Waals surface area contributed by atoms with E-state index in [0.717, 1.165) is 30.6 Å². The second kappa shape index (κ2) is 9.58. The molecule has 2 N–H and O–H groups in total. The van der Waals surface area contributed by atoms with E-state index in [1.165, 1.54) is 34.9 Å². The number of hydrogen-bond acceptors (Lipinski definition) is 2. The smallest absolute Gasteiger partial charge is 0.319 e. The Kier molecular flexibility index (Phi) is 6.78. The zero-order chi connectivity index (χ0) is 23.6. The normalized spacial score (nSPS) is 15.5. The van der Waals surface area contributed by atoms with Crippen LogP contribution in [0.3, 0.4) is 0 Å². The third-order valence-corrected chi connectivity index (χ3v) is 7.26. The number of aryl methyl sites for hydroxylation is 1. The van der Waals surface area contributed by atoms with Gasteiger partial charge in [-0.05, 0) is 59.9 Å². The molecule has 0 atom stereocenters. The standard InChI is InChI=1S/C28H38N4O/c1-6-21-17-32(26-24(21)13-10-16-29-26)28(14-7-8-15-28)18-30-27(33)31-25-22(19(2)3)11-9-12-23(25)20(4)5/h9-13,16-17,19-20H,6-8,14-15,18H2,1-5H3,(H2,30,31,33). The topological polar surface area (TPSA) is 59.0 Å². The first kappa shape index (κ1) is 23.3. The largest absolute Gasteiger partial charge is 0.335 e. The Balaban J connectivity index is 1.59. The number of urea groups is 1. The van der Waals surface area contributed by atoms with Crippen LogP contribution >= 0.6 is 0 Å². The van der Waals surface area contributed by atoms with Gasteiger partial charge in [0.15, 0.2) is 0 Å². The fourth-order valence-corrected chi connectivity index (χ4v) is 5.40. The monoisotopic (exact) mass is 446 g/mol. The van der Waals surface area contributed by atoms with Crippen molar-refractivity contribution in [2.45, 2.75) is 84.1 Å². The van der Waals surface area contributed by atoms with E-state index in [1.54, 1.807) is 0 Å². The van der Waals surface area contributed by atoms with Crippen LogP contribution in [-0.4, -0.2) is 22.1 Å². The van der Waals surface area contributed by atoms with Gasteiger partial charge in [-0.25, -0.2) is 9.78 Å². The number of aromatic nitrogens is 2. The number of rotatable bonds is 7. The van der Waals surface area contributed by atoms with E-state index in [1.807, 2.05) is 12.3 Å². The number of carbonyl (C=O) groups excluding carboxylic acids is 1. The molecule has 2 aromatic heterocycles. The molecule has 0 saturated heterocycles. The van der Waals surface area contributed by atoms with Crippen molar-refractivity contribution in [1.82, 2.24) is 14.9 Å².